The van der Waals surface area contributed by atoms with Gasteiger partial charge in [0.1, 0.15) is 5.52 Å². The fourth-order valence-electron chi connectivity index (χ4n) is 3.51. The molecule has 126 valence electrons. The van der Waals surface area contributed by atoms with Crippen molar-refractivity contribution in [3.63, 3.8) is 0 Å². The predicted molar refractivity (Wildman–Crippen MR) is 107 cm³/mol. The minimum Gasteiger partial charge on any atom is -0.399 e. The van der Waals surface area contributed by atoms with Gasteiger partial charge in [0.15, 0.2) is 5.13 Å². The zero-order valence-corrected chi connectivity index (χ0v) is 15.5. The van der Waals surface area contributed by atoms with Gasteiger partial charge in [0.2, 0.25) is 0 Å². The molecule has 1 aliphatic rings. The lowest BCUT2D eigenvalue weighted by molar-refractivity contribution is 0.722. The number of nitrogen functional groups attached to an aromatic ring is 1. The average Bonchev–Trinajstić information content (AvgIpc) is 3.15. The van der Waals surface area contributed by atoms with Crippen molar-refractivity contribution in [3.8, 4) is 0 Å². The predicted octanol–water partition coefficient (Wildman–Crippen LogP) is 5.23. The molecule has 0 spiro atoms. The molecule has 7 heteroatoms. The fraction of sp³-hybridized carbons (Fsp3) is 0.167. The lowest BCUT2D eigenvalue weighted by Gasteiger charge is -2.26. The molecule has 2 aromatic carbocycles. The Labute approximate surface area is 158 Å². The van der Waals surface area contributed by atoms with E-state index in [0.29, 0.717) is 10.7 Å². The van der Waals surface area contributed by atoms with Gasteiger partial charge in [-0.25, -0.2) is 4.98 Å². The molecule has 3 N–H and O–H groups in total. The van der Waals surface area contributed by atoms with Crippen LogP contribution in [0.15, 0.2) is 30.3 Å². The van der Waals surface area contributed by atoms with E-state index in [1.54, 1.807) is 17.4 Å². The molecular weight excluding hydrogens is 375 g/mol. The van der Waals surface area contributed by atoms with Gasteiger partial charge >= 0.3 is 0 Å². The van der Waals surface area contributed by atoms with Crippen molar-refractivity contribution in [1.29, 1.82) is 0 Å². The minimum atomic E-state index is 0.607. The van der Waals surface area contributed by atoms with Crippen molar-refractivity contribution in [1.82, 2.24) is 9.97 Å². The van der Waals surface area contributed by atoms with Crippen LogP contribution in [-0.2, 0) is 13.0 Å². The molecule has 0 fully saturated rings. The van der Waals surface area contributed by atoms with Crippen LogP contribution in [0.1, 0.15) is 11.3 Å². The third kappa shape index (κ3) is 2.46. The molecule has 0 unspecified atom stereocenters. The first kappa shape index (κ1) is 15.3. The molecule has 0 radical (unpaired) electrons. The highest BCUT2D eigenvalue weighted by Crippen LogP contribution is 2.37. The average molecular weight is 389 g/mol. The molecule has 0 amide bonds. The highest BCUT2D eigenvalue weighted by molar-refractivity contribution is 7.22. The number of thiazole rings is 1. The maximum Gasteiger partial charge on any atom is 0.186 e. The third-order valence-electron chi connectivity index (χ3n) is 4.67. The summed E-state index contributed by atoms with van der Waals surface area (Å²) in [5.74, 6) is 0. The van der Waals surface area contributed by atoms with E-state index in [-0.39, 0.29) is 0 Å². The van der Waals surface area contributed by atoms with Gasteiger partial charge in [-0.15, -0.1) is 0 Å². The lowest BCUT2D eigenvalue weighted by atomic mass is 10.0. The maximum absolute atomic E-state index is 6.29. The summed E-state index contributed by atoms with van der Waals surface area (Å²) in [7, 11) is 0. The highest BCUT2D eigenvalue weighted by Gasteiger charge is 2.23. The number of anilines is 2. The third-order valence-corrected chi connectivity index (χ3v) is 6.25. The Hall–Kier alpha value is -1.95. The van der Waals surface area contributed by atoms with Gasteiger partial charge in [-0.2, -0.15) is 0 Å². The topological polar surface area (TPSA) is 57.9 Å². The second-order valence-electron chi connectivity index (χ2n) is 6.29. The molecule has 3 heterocycles. The SMILES string of the molecule is Nc1cc(Cl)c2nc(N3CCc4c([nH]c5ccc(Cl)cc45)C3)sc2c1. The number of hydrogen-bond acceptors (Lipinski definition) is 4. The van der Waals surface area contributed by atoms with Crippen molar-refractivity contribution in [2.24, 2.45) is 0 Å². The number of H-pyrrole nitrogens is 1. The molecule has 0 bridgehead atoms. The Kier molecular flexibility index (Phi) is 3.39. The maximum atomic E-state index is 6.29. The molecule has 0 aliphatic carbocycles. The molecule has 0 saturated heterocycles. The Morgan fingerprint density at radius 1 is 1.20 bits per heavy atom. The number of rotatable bonds is 1. The Bertz CT molecular complexity index is 1130. The zero-order chi connectivity index (χ0) is 17.1. The van der Waals surface area contributed by atoms with Gasteiger partial charge in [0, 0.05) is 33.9 Å². The largest absolute Gasteiger partial charge is 0.399 e. The minimum absolute atomic E-state index is 0.607. The lowest BCUT2D eigenvalue weighted by Crippen LogP contribution is -2.29. The van der Waals surface area contributed by atoms with Crippen LogP contribution in [-0.4, -0.2) is 16.5 Å². The van der Waals surface area contributed by atoms with Gasteiger partial charge in [0.25, 0.3) is 0 Å². The van der Waals surface area contributed by atoms with E-state index in [1.165, 1.54) is 16.6 Å². The number of nitrogens with zero attached hydrogens (tertiary/aromatic N) is 2. The Morgan fingerprint density at radius 2 is 2.08 bits per heavy atom. The van der Waals surface area contributed by atoms with Crippen LogP contribution in [0.2, 0.25) is 10.0 Å². The quantitative estimate of drug-likeness (QED) is 0.439. The molecule has 0 saturated carbocycles. The van der Waals surface area contributed by atoms with Gasteiger partial charge in [-0.05, 0) is 42.3 Å². The van der Waals surface area contributed by atoms with Crippen LogP contribution in [0.5, 0.6) is 0 Å². The molecule has 25 heavy (non-hydrogen) atoms. The van der Waals surface area contributed by atoms with Crippen molar-refractivity contribution in [3.05, 3.63) is 51.6 Å². The summed E-state index contributed by atoms with van der Waals surface area (Å²) in [5, 5.41) is 3.58. The molecule has 2 aromatic heterocycles. The summed E-state index contributed by atoms with van der Waals surface area (Å²) in [5.41, 5.74) is 11.1. The molecule has 1 aliphatic heterocycles. The first-order chi connectivity index (χ1) is 12.1. The van der Waals surface area contributed by atoms with E-state index in [2.05, 4.69) is 9.88 Å². The number of hydrogen-bond donors (Lipinski definition) is 2. The number of benzene rings is 2. The van der Waals surface area contributed by atoms with E-state index in [0.717, 1.165) is 45.4 Å². The second kappa shape index (κ2) is 5.53. The van der Waals surface area contributed by atoms with E-state index in [1.807, 2.05) is 24.3 Å². The summed E-state index contributed by atoms with van der Waals surface area (Å²) in [6, 6.07) is 9.69. The van der Waals surface area contributed by atoms with Crippen LogP contribution < -0.4 is 10.6 Å². The van der Waals surface area contributed by atoms with E-state index in [4.69, 9.17) is 33.9 Å². The number of aromatic amines is 1. The first-order valence-corrected chi connectivity index (χ1v) is 9.55. The molecule has 4 nitrogen and oxygen atoms in total. The molecular formula is C18H14Cl2N4S. The van der Waals surface area contributed by atoms with E-state index in [9.17, 15) is 0 Å². The summed E-state index contributed by atoms with van der Waals surface area (Å²) in [4.78, 5) is 10.6. The second-order valence-corrected chi connectivity index (χ2v) is 8.14. The summed E-state index contributed by atoms with van der Waals surface area (Å²) >= 11 is 14.1. The van der Waals surface area contributed by atoms with Crippen LogP contribution in [0.3, 0.4) is 0 Å². The normalized spacial score (nSPS) is 14.4. The monoisotopic (exact) mass is 388 g/mol. The number of fused-ring (bicyclic) bond motifs is 4. The van der Waals surface area contributed by atoms with Gasteiger partial charge < -0.3 is 15.6 Å². The van der Waals surface area contributed by atoms with Gasteiger partial charge in [0.05, 0.1) is 16.3 Å². The number of nitrogens with one attached hydrogen (secondary N) is 1. The van der Waals surface area contributed by atoms with Crippen molar-refractivity contribution >= 4 is 66.5 Å². The van der Waals surface area contributed by atoms with Crippen molar-refractivity contribution in [2.45, 2.75) is 13.0 Å². The van der Waals surface area contributed by atoms with Crippen molar-refractivity contribution in [2.75, 3.05) is 17.2 Å². The summed E-state index contributed by atoms with van der Waals surface area (Å²) in [6.07, 6.45) is 0.960. The van der Waals surface area contributed by atoms with Crippen LogP contribution in [0.25, 0.3) is 21.1 Å². The van der Waals surface area contributed by atoms with E-state index < -0.39 is 0 Å². The van der Waals surface area contributed by atoms with E-state index >= 15 is 0 Å². The molecule has 0 atom stereocenters. The summed E-state index contributed by atoms with van der Waals surface area (Å²) in [6.45, 7) is 1.72. The zero-order valence-electron chi connectivity index (χ0n) is 13.1. The number of nitrogens with two attached hydrogens (primary N) is 1. The Morgan fingerprint density at radius 3 is 2.96 bits per heavy atom. The van der Waals surface area contributed by atoms with Gasteiger partial charge in [-0.1, -0.05) is 34.5 Å². The van der Waals surface area contributed by atoms with Gasteiger partial charge in [-0.3, -0.25) is 0 Å². The summed E-state index contributed by atoms with van der Waals surface area (Å²) < 4.78 is 1.02. The fourth-order valence-corrected chi connectivity index (χ4v) is 5.07. The standard InChI is InChI=1S/C18H14Cl2N4S/c19-9-1-2-14-12(5-9)11-3-4-24(8-15(11)22-14)18-23-17-13(20)6-10(21)7-16(17)25-18/h1-2,5-7,22H,3-4,8,21H2. The number of aromatic nitrogens is 2. The Balaban J connectivity index is 1.55. The van der Waals surface area contributed by atoms with Crippen LogP contribution in [0, 0.1) is 0 Å². The highest BCUT2D eigenvalue weighted by atomic mass is 35.5. The smallest absolute Gasteiger partial charge is 0.186 e. The number of halogens is 2. The van der Waals surface area contributed by atoms with Crippen molar-refractivity contribution < 1.29 is 0 Å². The van der Waals surface area contributed by atoms with Crippen LogP contribution in [0.4, 0.5) is 10.8 Å². The molecule has 5 rings (SSSR count). The van der Waals surface area contributed by atoms with Crippen LogP contribution >= 0.6 is 34.5 Å². The first-order valence-electron chi connectivity index (χ1n) is 7.98. The molecule has 4 aromatic rings.